The van der Waals surface area contributed by atoms with Gasteiger partial charge in [0, 0.05) is 13.1 Å². The summed E-state index contributed by atoms with van der Waals surface area (Å²) in [6.07, 6.45) is 1.07. The maximum absolute atomic E-state index is 11.4. The number of anilines is 1. The average Bonchev–Trinajstić information content (AvgIpc) is 2.67. The van der Waals surface area contributed by atoms with Crippen molar-refractivity contribution in [2.75, 3.05) is 25.1 Å². The molecule has 0 aliphatic rings. The van der Waals surface area contributed by atoms with Crippen LogP contribution in [0.2, 0.25) is 0 Å². The zero-order chi connectivity index (χ0) is 12.1. The van der Waals surface area contributed by atoms with Crippen LogP contribution in [-0.2, 0) is 4.74 Å². The number of methoxy groups -OCH3 is 1. The first-order valence-electron chi connectivity index (χ1n) is 5.44. The summed E-state index contributed by atoms with van der Waals surface area (Å²) >= 11 is 1.41. The van der Waals surface area contributed by atoms with Gasteiger partial charge in [0.05, 0.1) is 12.8 Å². The van der Waals surface area contributed by atoms with Gasteiger partial charge in [-0.2, -0.15) is 0 Å². The number of carbonyl (C=O) groups excluding carboxylic acids is 1. The minimum absolute atomic E-state index is 0.297. The van der Waals surface area contributed by atoms with Crippen molar-refractivity contribution in [3.8, 4) is 0 Å². The summed E-state index contributed by atoms with van der Waals surface area (Å²) in [5, 5.41) is 0.905. The second kappa shape index (κ2) is 5.84. The van der Waals surface area contributed by atoms with E-state index in [4.69, 9.17) is 4.74 Å². The third-order valence-corrected chi connectivity index (χ3v) is 3.50. The Labute approximate surface area is 100 Å². The molecule has 0 unspecified atom stereocenters. The molecule has 0 aromatic carbocycles. The van der Waals surface area contributed by atoms with Crippen molar-refractivity contribution < 1.29 is 9.53 Å². The van der Waals surface area contributed by atoms with Crippen molar-refractivity contribution in [1.29, 1.82) is 0 Å². The van der Waals surface area contributed by atoms with Gasteiger partial charge in [0.15, 0.2) is 5.13 Å². The van der Waals surface area contributed by atoms with Crippen LogP contribution in [0, 0.1) is 6.92 Å². The number of rotatable bonds is 5. The maximum atomic E-state index is 11.4. The quantitative estimate of drug-likeness (QED) is 0.744. The van der Waals surface area contributed by atoms with Crippen LogP contribution in [0.3, 0.4) is 0 Å². The summed E-state index contributed by atoms with van der Waals surface area (Å²) in [4.78, 5) is 18.6. The third-order valence-electron chi connectivity index (χ3n) is 2.30. The number of thiazole rings is 1. The summed E-state index contributed by atoms with van der Waals surface area (Å²) in [7, 11) is 1.39. The number of hydrogen-bond donors (Lipinski definition) is 0. The van der Waals surface area contributed by atoms with Crippen LogP contribution >= 0.6 is 11.3 Å². The Morgan fingerprint density at radius 3 is 2.69 bits per heavy atom. The summed E-state index contributed by atoms with van der Waals surface area (Å²) < 4.78 is 4.72. The largest absolute Gasteiger partial charge is 0.465 e. The molecule has 0 bridgehead atoms. The number of aromatic nitrogens is 1. The molecular weight excluding hydrogens is 224 g/mol. The summed E-state index contributed by atoms with van der Waals surface area (Å²) in [5.74, 6) is -0.297. The van der Waals surface area contributed by atoms with Crippen LogP contribution < -0.4 is 4.90 Å². The van der Waals surface area contributed by atoms with Crippen LogP contribution in [0.1, 0.15) is 35.6 Å². The highest BCUT2D eigenvalue weighted by Crippen LogP contribution is 2.26. The zero-order valence-corrected chi connectivity index (χ0v) is 11.1. The van der Waals surface area contributed by atoms with Crippen molar-refractivity contribution in [1.82, 2.24) is 4.98 Å². The lowest BCUT2D eigenvalue weighted by molar-refractivity contribution is 0.0605. The fraction of sp³-hybridized carbons (Fsp3) is 0.636. The van der Waals surface area contributed by atoms with E-state index in [-0.39, 0.29) is 5.97 Å². The van der Waals surface area contributed by atoms with Crippen LogP contribution in [0.25, 0.3) is 0 Å². The van der Waals surface area contributed by atoms with Gasteiger partial charge in [0.25, 0.3) is 0 Å². The smallest absolute Gasteiger partial charge is 0.350 e. The Kier molecular flexibility index (Phi) is 4.73. The van der Waals surface area contributed by atoms with Gasteiger partial charge in [-0.1, -0.05) is 18.3 Å². The van der Waals surface area contributed by atoms with Gasteiger partial charge >= 0.3 is 5.97 Å². The molecular formula is C11H18N2O2S. The summed E-state index contributed by atoms with van der Waals surface area (Å²) in [6, 6.07) is 0. The molecule has 0 saturated carbocycles. The monoisotopic (exact) mass is 242 g/mol. The zero-order valence-electron chi connectivity index (χ0n) is 10.2. The van der Waals surface area contributed by atoms with Gasteiger partial charge in [-0.15, -0.1) is 0 Å². The Morgan fingerprint density at radius 2 is 2.19 bits per heavy atom. The third kappa shape index (κ3) is 2.72. The Hall–Kier alpha value is -1.10. The molecule has 1 aromatic heterocycles. The van der Waals surface area contributed by atoms with Gasteiger partial charge in [0.2, 0.25) is 0 Å². The van der Waals surface area contributed by atoms with Crippen LogP contribution in [0.15, 0.2) is 0 Å². The molecule has 0 N–H and O–H groups in total. The van der Waals surface area contributed by atoms with Gasteiger partial charge in [-0.3, -0.25) is 0 Å². The number of hydrogen-bond acceptors (Lipinski definition) is 5. The van der Waals surface area contributed by atoms with Gasteiger partial charge < -0.3 is 9.64 Å². The molecule has 0 amide bonds. The first kappa shape index (κ1) is 13.0. The average molecular weight is 242 g/mol. The molecule has 1 rings (SSSR count). The van der Waals surface area contributed by atoms with E-state index >= 15 is 0 Å². The summed E-state index contributed by atoms with van der Waals surface area (Å²) in [5.41, 5.74) is 0.751. The van der Waals surface area contributed by atoms with Crippen LogP contribution in [0.5, 0.6) is 0 Å². The van der Waals surface area contributed by atoms with Gasteiger partial charge in [-0.25, -0.2) is 9.78 Å². The molecule has 0 saturated heterocycles. The molecule has 90 valence electrons. The minimum atomic E-state index is -0.297. The van der Waals surface area contributed by atoms with Crippen molar-refractivity contribution in [2.45, 2.75) is 27.2 Å². The van der Waals surface area contributed by atoms with E-state index in [1.807, 2.05) is 6.92 Å². The molecule has 0 radical (unpaired) electrons. The second-order valence-corrected chi connectivity index (χ2v) is 4.46. The fourth-order valence-electron chi connectivity index (χ4n) is 1.46. The van der Waals surface area contributed by atoms with E-state index in [0.29, 0.717) is 4.88 Å². The number of nitrogens with zero attached hydrogens (tertiary/aromatic N) is 2. The van der Waals surface area contributed by atoms with E-state index < -0.39 is 0 Å². The van der Waals surface area contributed by atoms with Gasteiger partial charge in [0.1, 0.15) is 4.88 Å². The molecule has 0 atom stereocenters. The molecule has 4 nitrogen and oxygen atoms in total. The first-order chi connectivity index (χ1) is 7.63. The highest BCUT2D eigenvalue weighted by atomic mass is 32.1. The summed E-state index contributed by atoms with van der Waals surface area (Å²) in [6.45, 7) is 7.92. The first-order valence-corrected chi connectivity index (χ1v) is 6.26. The Morgan fingerprint density at radius 1 is 1.50 bits per heavy atom. The lowest BCUT2D eigenvalue weighted by Gasteiger charge is -2.18. The molecule has 0 aliphatic heterocycles. The fourth-order valence-corrected chi connectivity index (χ4v) is 2.53. The number of carbonyl (C=O) groups is 1. The predicted molar refractivity (Wildman–Crippen MR) is 66.4 cm³/mol. The topological polar surface area (TPSA) is 42.4 Å². The molecule has 0 aliphatic carbocycles. The van der Waals surface area contributed by atoms with Crippen molar-refractivity contribution >= 4 is 22.4 Å². The van der Waals surface area contributed by atoms with E-state index in [0.717, 1.165) is 30.3 Å². The molecule has 16 heavy (non-hydrogen) atoms. The van der Waals surface area contributed by atoms with E-state index in [9.17, 15) is 4.79 Å². The van der Waals surface area contributed by atoms with Crippen molar-refractivity contribution in [3.63, 3.8) is 0 Å². The normalized spacial score (nSPS) is 10.2. The standard InChI is InChI=1S/C11H18N2O2S/c1-5-7-13(6-2)11-12-8(3)9(16-11)10(14)15-4/h5-7H2,1-4H3. The number of esters is 1. The van der Waals surface area contributed by atoms with E-state index in [1.165, 1.54) is 18.4 Å². The molecule has 1 heterocycles. The maximum Gasteiger partial charge on any atom is 0.350 e. The predicted octanol–water partition coefficient (Wildman–Crippen LogP) is 2.47. The number of ether oxygens (including phenoxy) is 1. The Balaban J connectivity index is 2.94. The van der Waals surface area contributed by atoms with Crippen molar-refractivity contribution in [3.05, 3.63) is 10.6 Å². The highest BCUT2D eigenvalue weighted by Gasteiger charge is 2.18. The van der Waals surface area contributed by atoms with Crippen LogP contribution in [-0.4, -0.2) is 31.2 Å². The lowest BCUT2D eigenvalue weighted by Crippen LogP contribution is -2.23. The molecule has 0 fully saturated rings. The molecule has 0 spiro atoms. The molecule has 1 aromatic rings. The number of aryl methyl sites for hydroxylation is 1. The molecule has 5 heteroatoms. The van der Waals surface area contributed by atoms with Gasteiger partial charge in [-0.05, 0) is 20.3 Å². The minimum Gasteiger partial charge on any atom is -0.465 e. The van der Waals surface area contributed by atoms with Crippen LogP contribution in [0.4, 0.5) is 5.13 Å². The Bertz CT molecular complexity index is 363. The van der Waals surface area contributed by atoms with E-state index in [2.05, 4.69) is 23.7 Å². The highest BCUT2D eigenvalue weighted by molar-refractivity contribution is 7.17. The van der Waals surface area contributed by atoms with E-state index in [1.54, 1.807) is 0 Å². The van der Waals surface area contributed by atoms with Crippen molar-refractivity contribution in [2.24, 2.45) is 0 Å². The lowest BCUT2D eigenvalue weighted by atomic mass is 10.4. The SMILES string of the molecule is CCCN(CC)c1nc(C)c(C(=O)OC)s1. The second-order valence-electron chi connectivity index (χ2n) is 3.48.